The number of carbonyl (C=O) groups excluding carboxylic acids is 1. The largest absolute Gasteiger partial charge is 0.481 e. The van der Waals surface area contributed by atoms with E-state index in [-0.39, 0.29) is 5.91 Å². The molecule has 1 amide bonds. The van der Waals surface area contributed by atoms with Crippen molar-refractivity contribution in [3.8, 4) is 0 Å². The lowest BCUT2D eigenvalue weighted by molar-refractivity contribution is -0.146. The van der Waals surface area contributed by atoms with Crippen molar-refractivity contribution in [2.24, 2.45) is 11.8 Å². The predicted molar refractivity (Wildman–Crippen MR) is 83.5 cm³/mol. The van der Waals surface area contributed by atoms with E-state index in [1.54, 1.807) is 6.07 Å². The number of aliphatic carboxylic acids is 1. The quantitative estimate of drug-likeness (QED) is 0.755. The lowest BCUT2D eigenvalue weighted by Crippen LogP contribution is -2.34. The highest BCUT2D eigenvalue weighted by Gasteiger charge is 2.34. The third-order valence-corrected chi connectivity index (χ3v) is 4.42. The van der Waals surface area contributed by atoms with Gasteiger partial charge >= 0.3 is 5.97 Å². The Labute approximate surface area is 133 Å². The molecule has 1 aliphatic carbocycles. The number of rotatable bonds is 3. The number of hydrogen-bond acceptors (Lipinski definition) is 2. The van der Waals surface area contributed by atoms with E-state index in [1.807, 2.05) is 24.3 Å². The second-order valence-corrected chi connectivity index (χ2v) is 6.38. The number of nitrogens with one attached hydrogen (secondary N) is 1. The van der Waals surface area contributed by atoms with Crippen molar-refractivity contribution in [1.82, 2.24) is 0 Å². The summed E-state index contributed by atoms with van der Waals surface area (Å²) in [7, 11) is 0. The van der Waals surface area contributed by atoms with Crippen LogP contribution in [0.2, 0.25) is 0 Å². The SMILES string of the molecule is O=C(O)C1CC=CCC1C(=O)Nc1ccc(Br)cc1Br. The normalized spacial score (nSPS) is 21.5. The molecule has 0 radical (unpaired) electrons. The summed E-state index contributed by atoms with van der Waals surface area (Å²) in [5.41, 5.74) is 0.636. The highest BCUT2D eigenvalue weighted by atomic mass is 79.9. The molecular weight excluding hydrogens is 390 g/mol. The van der Waals surface area contributed by atoms with Crippen molar-refractivity contribution in [2.45, 2.75) is 12.8 Å². The van der Waals surface area contributed by atoms with Crippen LogP contribution in [0.15, 0.2) is 39.3 Å². The summed E-state index contributed by atoms with van der Waals surface area (Å²) in [4.78, 5) is 23.5. The smallest absolute Gasteiger partial charge is 0.307 e. The minimum absolute atomic E-state index is 0.259. The Morgan fingerprint density at radius 1 is 1.15 bits per heavy atom. The zero-order chi connectivity index (χ0) is 14.7. The summed E-state index contributed by atoms with van der Waals surface area (Å²) in [6.45, 7) is 0. The van der Waals surface area contributed by atoms with Crippen LogP contribution in [0.1, 0.15) is 12.8 Å². The molecule has 2 atom stereocenters. The second kappa shape index (κ2) is 6.54. The van der Waals surface area contributed by atoms with Gasteiger partial charge in [-0.25, -0.2) is 0 Å². The van der Waals surface area contributed by atoms with Crippen molar-refractivity contribution in [1.29, 1.82) is 0 Å². The van der Waals surface area contributed by atoms with Gasteiger partial charge in [0.05, 0.1) is 17.5 Å². The van der Waals surface area contributed by atoms with Gasteiger partial charge in [-0.2, -0.15) is 0 Å². The van der Waals surface area contributed by atoms with Crippen LogP contribution in [-0.2, 0) is 9.59 Å². The molecule has 2 unspecified atom stereocenters. The fraction of sp³-hybridized carbons (Fsp3) is 0.286. The molecule has 106 valence electrons. The van der Waals surface area contributed by atoms with Crippen molar-refractivity contribution in [3.63, 3.8) is 0 Å². The summed E-state index contributed by atoms with van der Waals surface area (Å²) < 4.78 is 1.64. The summed E-state index contributed by atoms with van der Waals surface area (Å²) in [5, 5.41) is 12.0. The topological polar surface area (TPSA) is 66.4 Å². The van der Waals surface area contributed by atoms with E-state index in [9.17, 15) is 14.7 Å². The van der Waals surface area contributed by atoms with E-state index >= 15 is 0 Å². The van der Waals surface area contributed by atoms with Gasteiger partial charge in [0, 0.05) is 8.95 Å². The molecule has 0 heterocycles. The number of anilines is 1. The number of carboxylic acid groups (broad SMARTS) is 1. The molecule has 20 heavy (non-hydrogen) atoms. The maximum atomic E-state index is 12.3. The molecule has 1 aromatic rings. The van der Waals surface area contributed by atoms with Crippen molar-refractivity contribution >= 4 is 49.4 Å². The second-order valence-electron chi connectivity index (χ2n) is 4.61. The number of carbonyl (C=O) groups is 2. The number of benzene rings is 1. The first-order valence-corrected chi connectivity index (χ1v) is 7.71. The zero-order valence-corrected chi connectivity index (χ0v) is 13.6. The summed E-state index contributed by atoms with van der Waals surface area (Å²) >= 11 is 6.71. The van der Waals surface area contributed by atoms with Gasteiger partial charge in [-0.05, 0) is 47.0 Å². The molecule has 1 aliphatic rings. The maximum absolute atomic E-state index is 12.3. The zero-order valence-electron chi connectivity index (χ0n) is 10.5. The molecule has 0 aromatic heterocycles. The minimum Gasteiger partial charge on any atom is -0.481 e. The molecule has 1 aromatic carbocycles. The first-order valence-electron chi connectivity index (χ1n) is 6.12. The highest BCUT2D eigenvalue weighted by molar-refractivity contribution is 9.11. The van der Waals surface area contributed by atoms with Crippen LogP contribution < -0.4 is 5.32 Å². The van der Waals surface area contributed by atoms with Crippen LogP contribution >= 0.6 is 31.9 Å². The number of carboxylic acids is 1. The van der Waals surface area contributed by atoms with E-state index in [0.717, 1.165) is 8.95 Å². The lowest BCUT2D eigenvalue weighted by atomic mass is 9.82. The molecule has 0 aliphatic heterocycles. The molecule has 0 saturated heterocycles. The van der Waals surface area contributed by atoms with E-state index in [4.69, 9.17) is 0 Å². The molecule has 0 saturated carbocycles. The first kappa shape index (κ1) is 15.3. The van der Waals surface area contributed by atoms with Crippen LogP contribution in [0.3, 0.4) is 0 Å². The molecule has 0 fully saturated rings. The van der Waals surface area contributed by atoms with Crippen LogP contribution in [-0.4, -0.2) is 17.0 Å². The minimum atomic E-state index is -0.927. The molecule has 4 nitrogen and oxygen atoms in total. The number of amides is 1. The Bertz CT molecular complexity index is 572. The molecule has 2 N–H and O–H groups in total. The van der Waals surface area contributed by atoms with Gasteiger partial charge in [0.15, 0.2) is 0 Å². The Hall–Kier alpha value is -1.14. The fourth-order valence-corrected chi connectivity index (χ4v) is 3.34. The molecular formula is C14H13Br2NO3. The molecule has 2 rings (SSSR count). The van der Waals surface area contributed by atoms with E-state index < -0.39 is 17.8 Å². The van der Waals surface area contributed by atoms with Gasteiger partial charge in [-0.1, -0.05) is 28.1 Å². The Balaban J connectivity index is 2.14. The van der Waals surface area contributed by atoms with Crippen LogP contribution in [0.5, 0.6) is 0 Å². The lowest BCUT2D eigenvalue weighted by Gasteiger charge is -2.24. The van der Waals surface area contributed by atoms with Crippen molar-refractivity contribution < 1.29 is 14.7 Å². The predicted octanol–water partition coefficient (Wildman–Crippen LogP) is 3.82. The third kappa shape index (κ3) is 3.49. The average molecular weight is 403 g/mol. The maximum Gasteiger partial charge on any atom is 0.307 e. The van der Waals surface area contributed by atoms with E-state index in [2.05, 4.69) is 37.2 Å². The number of allylic oxidation sites excluding steroid dienone is 2. The van der Waals surface area contributed by atoms with Gasteiger partial charge in [0.25, 0.3) is 0 Å². The Morgan fingerprint density at radius 2 is 1.80 bits per heavy atom. The first-order chi connectivity index (χ1) is 9.49. The highest BCUT2D eigenvalue weighted by Crippen LogP contribution is 2.30. The van der Waals surface area contributed by atoms with Gasteiger partial charge in [0.1, 0.15) is 0 Å². The molecule has 0 spiro atoms. The van der Waals surface area contributed by atoms with Crippen LogP contribution in [0.4, 0.5) is 5.69 Å². The molecule has 6 heteroatoms. The van der Waals surface area contributed by atoms with Gasteiger partial charge in [-0.3, -0.25) is 9.59 Å². The fourth-order valence-electron chi connectivity index (χ4n) is 2.19. The monoisotopic (exact) mass is 401 g/mol. The van der Waals surface area contributed by atoms with E-state index in [1.165, 1.54) is 0 Å². The Kier molecular flexibility index (Phi) is 4.99. The number of halogens is 2. The van der Waals surface area contributed by atoms with Crippen molar-refractivity contribution in [3.05, 3.63) is 39.3 Å². The summed E-state index contributed by atoms with van der Waals surface area (Å²) in [6.07, 6.45) is 4.53. The van der Waals surface area contributed by atoms with Crippen molar-refractivity contribution in [2.75, 3.05) is 5.32 Å². The number of hydrogen-bond donors (Lipinski definition) is 2. The van der Waals surface area contributed by atoms with E-state index in [0.29, 0.717) is 18.5 Å². The van der Waals surface area contributed by atoms with Gasteiger partial charge in [-0.15, -0.1) is 0 Å². The van der Waals surface area contributed by atoms with Gasteiger partial charge in [0.2, 0.25) is 5.91 Å². The summed E-state index contributed by atoms with van der Waals surface area (Å²) in [6, 6.07) is 5.40. The third-order valence-electron chi connectivity index (χ3n) is 3.28. The summed E-state index contributed by atoms with van der Waals surface area (Å²) in [5.74, 6) is -2.38. The van der Waals surface area contributed by atoms with Crippen LogP contribution in [0, 0.1) is 11.8 Å². The average Bonchev–Trinajstić information content (AvgIpc) is 2.41. The van der Waals surface area contributed by atoms with Gasteiger partial charge < -0.3 is 10.4 Å². The molecule has 0 bridgehead atoms. The standard InChI is InChI=1S/C14H13Br2NO3/c15-8-5-6-12(11(16)7-8)17-13(18)9-3-1-2-4-10(9)14(19)20/h1-2,5-7,9-10H,3-4H2,(H,17,18)(H,19,20). The van der Waals surface area contributed by atoms with Crippen LogP contribution in [0.25, 0.3) is 0 Å². The Morgan fingerprint density at radius 3 is 2.40 bits per heavy atom.